The van der Waals surface area contributed by atoms with Gasteiger partial charge in [-0.2, -0.15) is 0 Å². The molecular weight excluding hydrogens is 299 g/mol. The van der Waals surface area contributed by atoms with E-state index in [1.165, 1.54) is 16.7 Å². The molecule has 1 atom stereocenters. The van der Waals surface area contributed by atoms with Gasteiger partial charge in [-0.1, -0.05) is 32.9 Å². The first-order valence-electron chi connectivity index (χ1n) is 8.57. The standard InChI is InChI=1S/C21H23FN2/c1-4-14(3)20(15-6-8-16(22)9-7-15)17(5-2)18-10-12-23-21-19(18)11-13-24-21/h6-14H,4-5H2,1-3H3,(H,23,24)/b20-17-. The lowest BCUT2D eigenvalue weighted by atomic mass is 9.84. The van der Waals surface area contributed by atoms with Crippen molar-refractivity contribution in [1.29, 1.82) is 0 Å². The van der Waals surface area contributed by atoms with Crippen molar-refractivity contribution in [3.63, 3.8) is 0 Å². The van der Waals surface area contributed by atoms with E-state index < -0.39 is 0 Å². The lowest BCUT2D eigenvalue weighted by Gasteiger charge is -2.21. The summed E-state index contributed by atoms with van der Waals surface area (Å²) in [5.74, 6) is 0.199. The Morgan fingerprint density at radius 1 is 1.12 bits per heavy atom. The summed E-state index contributed by atoms with van der Waals surface area (Å²) in [7, 11) is 0. The van der Waals surface area contributed by atoms with Gasteiger partial charge in [0.1, 0.15) is 11.5 Å². The van der Waals surface area contributed by atoms with E-state index in [0.717, 1.165) is 29.4 Å². The number of allylic oxidation sites excluding steroid dienone is 2. The van der Waals surface area contributed by atoms with E-state index in [1.807, 2.05) is 24.5 Å². The highest BCUT2D eigenvalue weighted by atomic mass is 19.1. The summed E-state index contributed by atoms with van der Waals surface area (Å²) in [6.45, 7) is 6.61. The van der Waals surface area contributed by atoms with Crippen LogP contribution in [0.25, 0.3) is 22.2 Å². The van der Waals surface area contributed by atoms with Crippen LogP contribution in [-0.2, 0) is 0 Å². The molecule has 1 aromatic carbocycles. The molecule has 2 nitrogen and oxygen atoms in total. The van der Waals surface area contributed by atoms with Crippen LogP contribution in [0, 0.1) is 11.7 Å². The van der Waals surface area contributed by atoms with E-state index in [9.17, 15) is 4.39 Å². The highest BCUT2D eigenvalue weighted by molar-refractivity contribution is 5.99. The Bertz CT molecular complexity index is 859. The topological polar surface area (TPSA) is 28.7 Å². The first kappa shape index (κ1) is 16.4. The number of aromatic amines is 1. The summed E-state index contributed by atoms with van der Waals surface area (Å²) in [5.41, 5.74) is 5.82. The number of halogens is 1. The molecule has 2 aromatic heterocycles. The van der Waals surface area contributed by atoms with Crippen molar-refractivity contribution in [2.24, 2.45) is 5.92 Å². The maximum Gasteiger partial charge on any atom is 0.137 e. The van der Waals surface area contributed by atoms with Gasteiger partial charge < -0.3 is 4.98 Å². The second-order valence-electron chi connectivity index (χ2n) is 6.16. The molecule has 3 aromatic rings. The third kappa shape index (κ3) is 2.99. The number of hydrogen-bond acceptors (Lipinski definition) is 1. The first-order valence-corrected chi connectivity index (χ1v) is 8.57. The van der Waals surface area contributed by atoms with Gasteiger partial charge in [0.15, 0.2) is 0 Å². The molecule has 0 aliphatic rings. The molecular formula is C21H23FN2. The smallest absolute Gasteiger partial charge is 0.137 e. The van der Waals surface area contributed by atoms with Gasteiger partial charge in [-0.15, -0.1) is 0 Å². The molecule has 24 heavy (non-hydrogen) atoms. The van der Waals surface area contributed by atoms with Crippen molar-refractivity contribution in [3.05, 3.63) is 65.7 Å². The normalized spacial score (nSPS) is 13.8. The molecule has 3 rings (SSSR count). The number of rotatable bonds is 5. The van der Waals surface area contributed by atoms with E-state index >= 15 is 0 Å². The zero-order valence-electron chi connectivity index (χ0n) is 14.4. The molecule has 0 radical (unpaired) electrons. The summed E-state index contributed by atoms with van der Waals surface area (Å²) in [5, 5.41) is 1.14. The van der Waals surface area contributed by atoms with Gasteiger partial charge in [0.2, 0.25) is 0 Å². The molecule has 2 heterocycles. The number of benzene rings is 1. The molecule has 0 saturated heterocycles. The van der Waals surface area contributed by atoms with Gasteiger partial charge in [0.25, 0.3) is 0 Å². The number of aromatic nitrogens is 2. The maximum absolute atomic E-state index is 13.4. The van der Waals surface area contributed by atoms with Crippen LogP contribution in [0.4, 0.5) is 4.39 Å². The van der Waals surface area contributed by atoms with Crippen molar-refractivity contribution in [2.75, 3.05) is 0 Å². The number of nitrogens with one attached hydrogen (secondary N) is 1. The molecule has 0 aliphatic heterocycles. The molecule has 3 heteroatoms. The number of nitrogens with zero attached hydrogens (tertiary/aromatic N) is 1. The van der Waals surface area contributed by atoms with Crippen LogP contribution in [-0.4, -0.2) is 9.97 Å². The predicted molar refractivity (Wildman–Crippen MR) is 99.1 cm³/mol. The minimum Gasteiger partial charge on any atom is -0.346 e. The van der Waals surface area contributed by atoms with Gasteiger partial charge in [0, 0.05) is 17.8 Å². The van der Waals surface area contributed by atoms with Gasteiger partial charge >= 0.3 is 0 Å². The SMILES string of the molecule is CC/C(=C(/c1ccc(F)cc1)C(C)CC)c1ccnc2[nH]ccc12. The third-order valence-corrected chi connectivity index (χ3v) is 4.72. The Labute approximate surface area is 142 Å². The van der Waals surface area contributed by atoms with Crippen LogP contribution in [0.3, 0.4) is 0 Å². The average molecular weight is 322 g/mol. The van der Waals surface area contributed by atoms with E-state index in [2.05, 4.69) is 42.9 Å². The summed E-state index contributed by atoms with van der Waals surface area (Å²) >= 11 is 0. The van der Waals surface area contributed by atoms with Gasteiger partial charge in [-0.05, 0) is 65.3 Å². The Morgan fingerprint density at radius 3 is 2.54 bits per heavy atom. The zero-order chi connectivity index (χ0) is 17.1. The summed E-state index contributed by atoms with van der Waals surface area (Å²) in [6, 6.07) is 11.0. The maximum atomic E-state index is 13.4. The van der Waals surface area contributed by atoms with Gasteiger partial charge in [-0.25, -0.2) is 9.37 Å². The van der Waals surface area contributed by atoms with E-state index in [-0.39, 0.29) is 5.82 Å². The second-order valence-corrected chi connectivity index (χ2v) is 6.16. The number of fused-ring (bicyclic) bond motifs is 1. The van der Waals surface area contributed by atoms with Crippen molar-refractivity contribution in [2.45, 2.75) is 33.6 Å². The van der Waals surface area contributed by atoms with E-state index in [0.29, 0.717) is 5.92 Å². The zero-order valence-corrected chi connectivity index (χ0v) is 14.4. The van der Waals surface area contributed by atoms with E-state index in [1.54, 1.807) is 12.1 Å². The second kappa shape index (κ2) is 7.00. The highest BCUT2D eigenvalue weighted by Gasteiger charge is 2.17. The van der Waals surface area contributed by atoms with E-state index in [4.69, 9.17) is 0 Å². The Balaban J connectivity index is 2.27. The number of H-pyrrole nitrogens is 1. The van der Waals surface area contributed by atoms with Crippen LogP contribution in [0.2, 0.25) is 0 Å². The molecule has 124 valence electrons. The Hall–Kier alpha value is -2.42. The minimum atomic E-state index is -0.197. The summed E-state index contributed by atoms with van der Waals surface area (Å²) in [4.78, 5) is 7.58. The average Bonchev–Trinajstić information content (AvgIpc) is 3.09. The van der Waals surface area contributed by atoms with Crippen molar-refractivity contribution < 1.29 is 4.39 Å². The molecule has 1 N–H and O–H groups in total. The van der Waals surface area contributed by atoms with Crippen LogP contribution in [0.1, 0.15) is 44.7 Å². The fourth-order valence-corrected chi connectivity index (χ4v) is 3.34. The summed E-state index contributed by atoms with van der Waals surface area (Å²) in [6.07, 6.45) is 5.73. The Morgan fingerprint density at radius 2 is 1.88 bits per heavy atom. The molecule has 0 amide bonds. The monoisotopic (exact) mass is 322 g/mol. The number of hydrogen-bond donors (Lipinski definition) is 1. The fourth-order valence-electron chi connectivity index (χ4n) is 3.34. The van der Waals surface area contributed by atoms with Crippen LogP contribution < -0.4 is 0 Å². The lowest BCUT2D eigenvalue weighted by Crippen LogP contribution is -2.02. The Kier molecular flexibility index (Phi) is 4.79. The molecule has 0 spiro atoms. The molecule has 0 aliphatic carbocycles. The quantitative estimate of drug-likeness (QED) is 0.607. The lowest BCUT2D eigenvalue weighted by molar-refractivity contribution is 0.627. The molecule has 0 bridgehead atoms. The van der Waals surface area contributed by atoms with Crippen molar-refractivity contribution in [3.8, 4) is 0 Å². The number of pyridine rings is 1. The molecule has 0 saturated carbocycles. The van der Waals surface area contributed by atoms with Crippen LogP contribution in [0.5, 0.6) is 0 Å². The minimum absolute atomic E-state index is 0.197. The highest BCUT2D eigenvalue weighted by Crippen LogP contribution is 2.37. The predicted octanol–water partition coefficient (Wildman–Crippen LogP) is 6.07. The van der Waals surface area contributed by atoms with Gasteiger partial charge in [-0.3, -0.25) is 0 Å². The fraction of sp³-hybridized carbons (Fsp3) is 0.286. The molecule has 0 fully saturated rings. The summed E-state index contributed by atoms with van der Waals surface area (Å²) < 4.78 is 13.4. The van der Waals surface area contributed by atoms with Crippen molar-refractivity contribution in [1.82, 2.24) is 9.97 Å². The first-order chi connectivity index (χ1) is 11.7. The van der Waals surface area contributed by atoms with Crippen LogP contribution in [0.15, 0.2) is 48.8 Å². The van der Waals surface area contributed by atoms with Crippen LogP contribution >= 0.6 is 0 Å². The third-order valence-electron chi connectivity index (χ3n) is 4.72. The molecule has 1 unspecified atom stereocenters. The largest absolute Gasteiger partial charge is 0.346 e. The van der Waals surface area contributed by atoms with Crippen molar-refractivity contribution >= 4 is 22.2 Å². The van der Waals surface area contributed by atoms with Gasteiger partial charge in [0.05, 0.1) is 0 Å².